The van der Waals surface area contributed by atoms with Crippen LogP contribution in [0.3, 0.4) is 0 Å². The van der Waals surface area contributed by atoms with Gasteiger partial charge in [-0.3, -0.25) is 9.69 Å². The second-order valence-electron chi connectivity index (χ2n) is 4.44. The third kappa shape index (κ3) is 5.23. The maximum atomic E-state index is 11.0. The van der Waals surface area contributed by atoms with Crippen molar-refractivity contribution in [2.45, 2.75) is 26.4 Å². The number of amides is 1. The van der Waals surface area contributed by atoms with Gasteiger partial charge in [0.25, 0.3) is 0 Å². The van der Waals surface area contributed by atoms with Gasteiger partial charge in [-0.25, -0.2) is 4.79 Å². The van der Waals surface area contributed by atoms with E-state index in [9.17, 15) is 9.59 Å². The van der Waals surface area contributed by atoms with Gasteiger partial charge < -0.3 is 10.8 Å². The maximum absolute atomic E-state index is 11.0. The quantitative estimate of drug-likeness (QED) is 0.743. The van der Waals surface area contributed by atoms with Crippen molar-refractivity contribution in [3.63, 3.8) is 0 Å². The van der Waals surface area contributed by atoms with Crippen LogP contribution in [-0.2, 0) is 16.1 Å². The fourth-order valence-corrected chi connectivity index (χ4v) is 2.49. The van der Waals surface area contributed by atoms with E-state index in [-0.39, 0.29) is 18.5 Å². The number of hydrogen-bond donors (Lipinski definition) is 2. The number of carbonyl (C=O) groups is 2. The van der Waals surface area contributed by atoms with E-state index >= 15 is 0 Å². The molecule has 0 atom stereocenters. The van der Waals surface area contributed by atoms with Gasteiger partial charge in [-0.2, -0.15) is 0 Å². The first-order chi connectivity index (χ1) is 8.90. The molecule has 6 heteroatoms. The molecule has 0 aromatic carbocycles. The van der Waals surface area contributed by atoms with Crippen LogP contribution >= 0.6 is 11.3 Å². The Labute approximate surface area is 116 Å². The minimum Gasteiger partial charge on any atom is -0.478 e. The summed E-state index contributed by atoms with van der Waals surface area (Å²) in [4.78, 5) is 24.5. The zero-order valence-electron chi connectivity index (χ0n) is 11.0. The van der Waals surface area contributed by atoms with Gasteiger partial charge >= 0.3 is 5.97 Å². The SMILES string of the molecule is CC(C)N(CC(N)=O)Cc1sccc1C=CC(=O)O. The van der Waals surface area contributed by atoms with E-state index in [0.29, 0.717) is 6.54 Å². The number of aliphatic carboxylic acids is 1. The standard InChI is InChI=1S/C13H18N2O3S/c1-9(2)15(8-12(14)16)7-11-10(5-6-19-11)3-4-13(17)18/h3-6,9H,7-8H2,1-2H3,(H2,14,16)(H,17,18). The Kier molecular flexibility index (Phi) is 5.72. The van der Waals surface area contributed by atoms with Gasteiger partial charge in [0, 0.05) is 23.5 Å². The molecule has 0 fully saturated rings. The molecule has 1 rings (SSSR count). The Hall–Kier alpha value is -1.66. The molecule has 1 amide bonds. The van der Waals surface area contributed by atoms with E-state index < -0.39 is 5.97 Å². The molecule has 1 aromatic heterocycles. The van der Waals surface area contributed by atoms with Gasteiger partial charge in [0.05, 0.1) is 6.54 Å². The largest absolute Gasteiger partial charge is 0.478 e. The predicted octanol–water partition coefficient (Wildman–Crippen LogP) is 1.54. The molecule has 3 N–H and O–H groups in total. The van der Waals surface area contributed by atoms with Gasteiger partial charge in [-0.05, 0) is 36.9 Å². The Morgan fingerprint density at radius 3 is 2.74 bits per heavy atom. The van der Waals surface area contributed by atoms with Crippen molar-refractivity contribution in [3.8, 4) is 0 Å². The van der Waals surface area contributed by atoms with Crippen molar-refractivity contribution in [3.05, 3.63) is 28.0 Å². The zero-order chi connectivity index (χ0) is 14.4. The molecule has 0 radical (unpaired) electrons. The number of carboxylic acids is 1. The van der Waals surface area contributed by atoms with Crippen LogP contribution in [0.15, 0.2) is 17.5 Å². The first kappa shape index (κ1) is 15.4. The molecule has 0 aliphatic heterocycles. The summed E-state index contributed by atoms with van der Waals surface area (Å²) in [6.07, 6.45) is 2.68. The predicted molar refractivity (Wildman–Crippen MR) is 75.7 cm³/mol. The van der Waals surface area contributed by atoms with Crippen molar-refractivity contribution in [2.24, 2.45) is 5.73 Å². The second-order valence-corrected chi connectivity index (χ2v) is 5.44. The summed E-state index contributed by atoms with van der Waals surface area (Å²) in [5.74, 6) is -1.34. The first-order valence-corrected chi connectivity index (χ1v) is 6.78. The highest BCUT2D eigenvalue weighted by atomic mass is 32.1. The Balaban J connectivity index is 2.82. The van der Waals surface area contributed by atoms with Crippen LogP contribution in [0.5, 0.6) is 0 Å². The molecule has 0 aliphatic carbocycles. The summed E-state index contributed by atoms with van der Waals surface area (Å²) in [6, 6.07) is 2.05. The number of nitrogens with two attached hydrogens (primary N) is 1. The van der Waals surface area contributed by atoms with Crippen LogP contribution in [-0.4, -0.2) is 34.5 Å². The van der Waals surface area contributed by atoms with E-state index in [4.69, 9.17) is 10.8 Å². The smallest absolute Gasteiger partial charge is 0.328 e. The number of thiophene rings is 1. The summed E-state index contributed by atoms with van der Waals surface area (Å²) in [6.45, 7) is 4.75. The minimum absolute atomic E-state index is 0.186. The molecule has 1 heterocycles. The number of rotatable bonds is 7. The van der Waals surface area contributed by atoms with E-state index in [0.717, 1.165) is 16.5 Å². The highest BCUT2D eigenvalue weighted by molar-refractivity contribution is 7.10. The first-order valence-electron chi connectivity index (χ1n) is 5.90. The third-order valence-electron chi connectivity index (χ3n) is 2.62. The molecule has 5 nitrogen and oxygen atoms in total. The van der Waals surface area contributed by atoms with Crippen molar-refractivity contribution in [1.82, 2.24) is 4.90 Å². The van der Waals surface area contributed by atoms with Gasteiger partial charge in [0.2, 0.25) is 5.91 Å². The summed E-state index contributed by atoms with van der Waals surface area (Å²) < 4.78 is 0. The number of primary amides is 1. The fraction of sp³-hybridized carbons (Fsp3) is 0.385. The van der Waals surface area contributed by atoms with Crippen molar-refractivity contribution < 1.29 is 14.7 Å². The van der Waals surface area contributed by atoms with Crippen LogP contribution < -0.4 is 5.73 Å². The molecule has 1 aromatic rings. The highest BCUT2D eigenvalue weighted by Gasteiger charge is 2.14. The summed E-state index contributed by atoms with van der Waals surface area (Å²) in [5, 5.41) is 10.5. The molecular weight excluding hydrogens is 264 g/mol. The van der Waals surface area contributed by atoms with Crippen LogP contribution in [0.25, 0.3) is 6.08 Å². The highest BCUT2D eigenvalue weighted by Crippen LogP contribution is 2.21. The van der Waals surface area contributed by atoms with E-state index in [2.05, 4.69) is 0 Å². The van der Waals surface area contributed by atoms with Crippen molar-refractivity contribution in [1.29, 1.82) is 0 Å². The van der Waals surface area contributed by atoms with Crippen LogP contribution in [0, 0.1) is 0 Å². The van der Waals surface area contributed by atoms with Crippen molar-refractivity contribution in [2.75, 3.05) is 6.54 Å². The summed E-state index contributed by atoms with van der Waals surface area (Å²) in [7, 11) is 0. The molecule has 19 heavy (non-hydrogen) atoms. The van der Waals surface area contributed by atoms with Crippen LogP contribution in [0.4, 0.5) is 0 Å². The molecule has 0 unspecified atom stereocenters. The monoisotopic (exact) mass is 282 g/mol. The van der Waals surface area contributed by atoms with E-state index in [1.54, 1.807) is 6.08 Å². The van der Waals surface area contributed by atoms with Gasteiger partial charge in [0.15, 0.2) is 0 Å². The average molecular weight is 282 g/mol. The molecule has 0 saturated carbocycles. The average Bonchev–Trinajstić information content (AvgIpc) is 2.72. The molecular formula is C13H18N2O3S. The zero-order valence-corrected chi connectivity index (χ0v) is 11.8. The number of carbonyl (C=O) groups excluding carboxylic acids is 1. The molecule has 0 bridgehead atoms. The minimum atomic E-state index is -0.977. The van der Waals surface area contributed by atoms with E-state index in [1.165, 1.54) is 11.3 Å². The fourth-order valence-electron chi connectivity index (χ4n) is 1.59. The Morgan fingerprint density at radius 1 is 1.53 bits per heavy atom. The third-order valence-corrected chi connectivity index (χ3v) is 3.54. The summed E-state index contributed by atoms with van der Waals surface area (Å²) >= 11 is 1.54. The van der Waals surface area contributed by atoms with Gasteiger partial charge in [0.1, 0.15) is 0 Å². The lowest BCUT2D eigenvalue weighted by atomic mass is 10.2. The molecule has 0 aliphatic rings. The van der Waals surface area contributed by atoms with Crippen LogP contribution in [0.1, 0.15) is 24.3 Å². The topological polar surface area (TPSA) is 83.6 Å². The summed E-state index contributed by atoms with van der Waals surface area (Å²) in [5.41, 5.74) is 6.09. The lowest BCUT2D eigenvalue weighted by molar-refractivity contribution is -0.131. The van der Waals surface area contributed by atoms with Crippen LogP contribution in [0.2, 0.25) is 0 Å². The Bertz CT molecular complexity index is 480. The molecule has 0 spiro atoms. The normalized spacial score (nSPS) is 11.6. The number of carboxylic acid groups (broad SMARTS) is 1. The lowest BCUT2D eigenvalue weighted by Crippen LogP contribution is -2.37. The second kappa shape index (κ2) is 7.06. The maximum Gasteiger partial charge on any atom is 0.328 e. The Morgan fingerprint density at radius 2 is 2.21 bits per heavy atom. The lowest BCUT2D eigenvalue weighted by Gasteiger charge is -2.24. The molecule has 104 valence electrons. The van der Waals surface area contributed by atoms with Gasteiger partial charge in [-0.15, -0.1) is 11.3 Å². The van der Waals surface area contributed by atoms with E-state index in [1.807, 2.05) is 30.2 Å². The molecule has 0 saturated heterocycles. The van der Waals surface area contributed by atoms with Gasteiger partial charge in [-0.1, -0.05) is 0 Å². The van der Waals surface area contributed by atoms with Crippen molar-refractivity contribution >= 4 is 29.3 Å². The number of nitrogens with zero attached hydrogens (tertiary/aromatic N) is 1. The number of hydrogen-bond acceptors (Lipinski definition) is 4.